The van der Waals surface area contributed by atoms with Gasteiger partial charge in [0.15, 0.2) is 0 Å². The van der Waals surface area contributed by atoms with Crippen LogP contribution in [0.15, 0.2) is 18.3 Å². The highest BCUT2D eigenvalue weighted by Gasteiger charge is 2.20. The zero-order valence-electron chi connectivity index (χ0n) is 11.7. The topological polar surface area (TPSA) is 31.4 Å². The van der Waals surface area contributed by atoms with Gasteiger partial charge >= 0.3 is 0 Å². The average Bonchev–Trinajstić information content (AvgIpc) is 2.86. The molecule has 1 aromatic rings. The fraction of sp³-hybridized carbons (Fsp3) is 0.643. The standard InChI is InChI=1S/C14H24N4/c1-4-17(3)14-6-5-12(9-16-14)10-18-8-7-13(11-18)15-2/h5-6,9,13,15H,4,7-8,10-11H2,1-3H3. The van der Waals surface area contributed by atoms with Crippen molar-refractivity contribution in [1.82, 2.24) is 15.2 Å². The minimum Gasteiger partial charge on any atom is -0.360 e. The van der Waals surface area contributed by atoms with Gasteiger partial charge < -0.3 is 10.2 Å². The molecule has 1 aliphatic rings. The minimum atomic E-state index is 0.656. The molecule has 0 bridgehead atoms. The monoisotopic (exact) mass is 248 g/mol. The first-order chi connectivity index (χ1) is 8.72. The van der Waals surface area contributed by atoms with Crippen LogP contribution in [0.1, 0.15) is 18.9 Å². The molecule has 1 aromatic heterocycles. The van der Waals surface area contributed by atoms with Crippen molar-refractivity contribution in [2.24, 2.45) is 0 Å². The summed E-state index contributed by atoms with van der Waals surface area (Å²) in [5.41, 5.74) is 1.31. The second kappa shape index (κ2) is 6.16. The fourth-order valence-electron chi connectivity index (χ4n) is 2.37. The Morgan fingerprint density at radius 2 is 2.33 bits per heavy atom. The van der Waals surface area contributed by atoms with E-state index in [1.807, 2.05) is 13.2 Å². The molecule has 1 aliphatic heterocycles. The lowest BCUT2D eigenvalue weighted by Gasteiger charge is -2.18. The van der Waals surface area contributed by atoms with E-state index < -0.39 is 0 Å². The summed E-state index contributed by atoms with van der Waals surface area (Å²) in [5.74, 6) is 1.05. The molecule has 2 heterocycles. The zero-order valence-corrected chi connectivity index (χ0v) is 11.7. The molecule has 1 unspecified atom stereocenters. The first-order valence-corrected chi connectivity index (χ1v) is 6.78. The Kier molecular flexibility index (Phi) is 4.55. The first kappa shape index (κ1) is 13.3. The molecular formula is C14H24N4. The van der Waals surface area contributed by atoms with E-state index in [0.29, 0.717) is 6.04 Å². The van der Waals surface area contributed by atoms with E-state index in [9.17, 15) is 0 Å². The van der Waals surface area contributed by atoms with Crippen LogP contribution in [0.2, 0.25) is 0 Å². The van der Waals surface area contributed by atoms with Gasteiger partial charge in [-0.25, -0.2) is 4.98 Å². The van der Waals surface area contributed by atoms with Gasteiger partial charge in [-0.05, 0) is 32.0 Å². The van der Waals surface area contributed by atoms with Crippen LogP contribution in [0.25, 0.3) is 0 Å². The number of rotatable bonds is 5. The minimum absolute atomic E-state index is 0.656. The highest BCUT2D eigenvalue weighted by molar-refractivity contribution is 5.37. The summed E-state index contributed by atoms with van der Waals surface area (Å²) >= 11 is 0. The lowest BCUT2D eigenvalue weighted by molar-refractivity contribution is 0.322. The number of likely N-dealkylation sites (N-methyl/N-ethyl adjacent to an activating group) is 1. The van der Waals surface area contributed by atoms with Crippen molar-refractivity contribution < 1.29 is 0 Å². The normalized spacial score (nSPS) is 20.3. The quantitative estimate of drug-likeness (QED) is 0.852. The van der Waals surface area contributed by atoms with Crippen molar-refractivity contribution >= 4 is 5.82 Å². The summed E-state index contributed by atoms with van der Waals surface area (Å²) in [7, 11) is 4.12. The largest absolute Gasteiger partial charge is 0.360 e. The van der Waals surface area contributed by atoms with Crippen LogP contribution < -0.4 is 10.2 Å². The second-order valence-corrected chi connectivity index (χ2v) is 5.05. The van der Waals surface area contributed by atoms with Gasteiger partial charge in [0.05, 0.1) is 0 Å². The molecule has 18 heavy (non-hydrogen) atoms. The molecule has 1 atom stereocenters. The Labute approximate surface area is 110 Å². The van der Waals surface area contributed by atoms with Crippen molar-refractivity contribution in [1.29, 1.82) is 0 Å². The van der Waals surface area contributed by atoms with E-state index in [4.69, 9.17) is 0 Å². The lowest BCUT2D eigenvalue weighted by Crippen LogP contribution is -2.29. The van der Waals surface area contributed by atoms with Crippen LogP contribution in [-0.2, 0) is 6.54 Å². The molecule has 0 saturated carbocycles. The van der Waals surface area contributed by atoms with E-state index in [0.717, 1.165) is 25.5 Å². The first-order valence-electron chi connectivity index (χ1n) is 6.78. The predicted molar refractivity (Wildman–Crippen MR) is 75.9 cm³/mol. The summed E-state index contributed by atoms with van der Waals surface area (Å²) in [6.07, 6.45) is 3.26. The summed E-state index contributed by atoms with van der Waals surface area (Å²) in [4.78, 5) is 9.15. The van der Waals surface area contributed by atoms with E-state index >= 15 is 0 Å². The molecule has 1 saturated heterocycles. The number of anilines is 1. The molecule has 1 N–H and O–H groups in total. The molecule has 0 aromatic carbocycles. The van der Waals surface area contributed by atoms with Gasteiger partial charge in [0, 0.05) is 45.5 Å². The predicted octanol–water partition coefficient (Wildman–Crippen LogP) is 1.33. The van der Waals surface area contributed by atoms with E-state index in [2.05, 4.69) is 46.2 Å². The molecular weight excluding hydrogens is 224 g/mol. The second-order valence-electron chi connectivity index (χ2n) is 5.05. The molecule has 0 radical (unpaired) electrons. The van der Waals surface area contributed by atoms with Gasteiger partial charge in [0.1, 0.15) is 5.82 Å². The maximum atomic E-state index is 4.51. The van der Waals surface area contributed by atoms with Gasteiger partial charge in [-0.15, -0.1) is 0 Å². The Balaban J connectivity index is 1.90. The smallest absolute Gasteiger partial charge is 0.128 e. The third-order valence-electron chi connectivity index (χ3n) is 3.76. The summed E-state index contributed by atoms with van der Waals surface area (Å²) in [6, 6.07) is 4.97. The Morgan fingerprint density at radius 1 is 1.50 bits per heavy atom. The summed E-state index contributed by atoms with van der Waals surface area (Å²) in [6.45, 7) is 6.47. The number of likely N-dealkylation sites (tertiary alicyclic amines) is 1. The summed E-state index contributed by atoms with van der Waals surface area (Å²) in [5, 5.41) is 3.35. The Bertz CT molecular complexity index is 363. The molecule has 0 aliphatic carbocycles. The van der Waals surface area contributed by atoms with E-state index in [-0.39, 0.29) is 0 Å². The van der Waals surface area contributed by atoms with Crippen LogP contribution in [0, 0.1) is 0 Å². The van der Waals surface area contributed by atoms with Crippen molar-refractivity contribution in [3.8, 4) is 0 Å². The number of hydrogen-bond acceptors (Lipinski definition) is 4. The molecule has 2 rings (SSSR count). The molecule has 4 heteroatoms. The van der Waals surface area contributed by atoms with Crippen LogP contribution in [0.5, 0.6) is 0 Å². The highest BCUT2D eigenvalue weighted by atomic mass is 15.2. The number of aromatic nitrogens is 1. The SMILES string of the molecule is CCN(C)c1ccc(CN2CCC(NC)C2)cn1. The maximum absolute atomic E-state index is 4.51. The molecule has 4 nitrogen and oxygen atoms in total. The van der Waals surface area contributed by atoms with E-state index in [1.165, 1.54) is 18.5 Å². The summed E-state index contributed by atoms with van der Waals surface area (Å²) < 4.78 is 0. The number of pyridine rings is 1. The van der Waals surface area contributed by atoms with Crippen LogP contribution in [0.3, 0.4) is 0 Å². The van der Waals surface area contributed by atoms with Gasteiger partial charge in [-0.3, -0.25) is 4.90 Å². The third kappa shape index (κ3) is 3.21. The lowest BCUT2D eigenvalue weighted by atomic mass is 10.2. The molecule has 0 amide bonds. The number of hydrogen-bond donors (Lipinski definition) is 1. The Hall–Kier alpha value is -1.13. The van der Waals surface area contributed by atoms with Gasteiger partial charge in [-0.2, -0.15) is 0 Å². The van der Waals surface area contributed by atoms with Crippen molar-refractivity contribution in [3.05, 3.63) is 23.9 Å². The van der Waals surface area contributed by atoms with E-state index in [1.54, 1.807) is 0 Å². The van der Waals surface area contributed by atoms with Crippen LogP contribution in [-0.4, -0.2) is 49.7 Å². The van der Waals surface area contributed by atoms with Crippen LogP contribution in [0.4, 0.5) is 5.82 Å². The Morgan fingerprint density at radius 3 is 2.89 bits per heavy atom. The molecule has 100 valence electrons. The van der Waals surface area contributed by atoms with Gasteiger partial charge in [-0.1, -0.05) is 6.07 Å². The third-order valence-corrected chi connectivity index (χ3v) is 3.76. The average molecular weight is 248 g/mol. The van der Waals surface area contributed by atoms with Gasteiger partial charge in [0.25, 0.3) is 0 Å². The van der Waals surface area contributed by atoms with Crippen LogP contribution >= 0.6 is 0 Å². The van der Waals surface area contributed by atoms with Crippen molar-refractivity contribution in [2.45, 2.75) is 25.9 Å². The number of nitrogens with one attached hydrogen (secondary N) is 1. The van der Waals surface area contributed by atoms with Gasteiger partial charge in [0.2, 0.25) is 0 Å². The highest BCUT2D eigenvalue weighted by Crippen LogP contribution is 2.15. The molecule has 0 spiro atoms. The fourth-order valence-corrected chi connectivity index (χ4v) is 2.37. The zero-order chi connectivity index (χ0) is 13.0. The van der Waals surface area contributed by atoms with Crippen molar-refractivity contribution in [3.63, 3.8) is 0 Å². The maximum Gasteiger partial charge on any atom is 0.128 e. The number of nitrogens with zero attached hydrogens (tertiary/aromatic N) is 3. The van der Waals surface area contributed by atoms with Crippen molar-refractivity contribution in [2.75, 3.05) is 38.6 Å². The molecule has 1 fully saturated rings.